The Bertz CT molecular complexity index is 108. The monoisotopic (exact) mass is 155 g/mol. The summed E-state index contributed by atoms with van der Waals surface area (Å²) >= 11 is 0. The molecule has 0 aromatic carbocycles. The molecular weight excluding hydrogens is 140 g/mol. The van der Waals surface area contributed by atoms with Crippen LogP contribution in [0.1, 0.15) is 13.8 Å². The summed E-state index contributed by atoms with van der Waals surface area (Å²) in [6, 6.07) is 0. The van der Waals surface area contributed by atoms with Gasteiger partial charge < -0.3 is 4.81 Å². The minimum atomic E-state index is 0.898. The van der Waals surface area contributed by atoms with E-state index in [9.17, 15) is 0 Å². The van der Waals surface area contributed by atoms with Crippen molar-refractivity contribution in [1.29, 1.82) is 0 Å². The first-order valence-corrected chi connectivity index (χ1v) is 4.71. The van der Waals surface area contributed by atoms with E-state index < -0.39 is 0 Å². The Morgan fingerprint density at radius 2 is 1.70 bits per heavy atom. The summed E-state index contributed by atoms with van der Waals surface area (Å²) in [5, 5.41) is 0. The molecule has 3 unspecified atom stereocenters. The van der Waals surface area contributed by atoms with Crippen LogP contribution in [0, 0.1) is 11.8 Å². The second kappa shape index (κ2) is 3.23. The normalized spacial score (nSPS) is 43.7. The summed E-state index contributed by atoms with van der Waals surface area (Å²) in [6.07, 6.45) is 0. The molecule has 1 nitrogen and oxygen atoms in total. The lowest BCUT2D eigenvalue weighted by Crippen LogP contribution is -2.20. The van der Waals surface area contributed by atoms with Crippen LogP contribution < -0.4 is 0 Å². The Hall–Kier alpha value is 0.455. The molecule has 2 rings (SSSR count). The number of hydrogen-bond donors (Lipinski definition) is 0. The molecule has 3 heteroatoms. The average molecular weight is 155 g/mol. The molecular formula is C7H15BNP. The highest BCUT2D eigenvalue weighted by Crippen LogP contribution is 2.49. The molecule has 1 aliphatic carbocycles. The van der Waals surface area contributed by atoms with Gasteiger partial charge in [0.05, 0.1) is 0 Å². The van der Waals surface area contributed by atoms with Crippen molar-refractivity contribution < 1.29 is 0 Å². The van der Waals surface area contributed by atoms with Gasteiger partial charge in [0, 0.05) is 0 Å². The molecule has 1 aliphatic heterocycles. The maximum atomic E-state index is 5.54. The van der Waals surface area contributed by atoms with E-state index in [1.54, 1.807) is 0 Å². The van der Waals surface area contributed by atoms with Crippen molar-refractivity contribution in [2.75, 3.05) is 13.1 Å². The first kappa shape index (κ1) is 8.55. The molecule has 0 aromatic heterocycles. The molecule has 1 heterocycles. The zero-order valence-corrected chi connectivity index (χ0v) is 7.90. The highest BCUT2D eigenvalue weighted by atomic mass is 31.0. The van der Waals surface area contributed by atoms with Gasteiger partial charge in [-0.1, -0.05) is 13.8 Å². The molecule has 0 amide bonds. The molecule has 56 valence electrons. The van der Waals surface area contributed by atoms with E-state index in [4.69, 9.17) is 7.98 Å². The van der Waals surface area contributed by atoms with Crippen molar-refractivity contribution in [3.8, 4) is 0 Å². The average Bonchev–Trinajstić information content (AvgIpc) is 2.45. The highest BCUT2D eigenvalue weighted by molar-refractivity contribution is 7.18. The summed E-state index contributed by atoms with van der Waals surface area (Å²) < 4.78 is 0. The van der Waals surface area contributed by atoms with E-state index >= 15 is 0 Å². The van der Waals surface area contributed by atoms with Crippen LogP contribution in [0.4, 0.5) is 0 Å². The van der Waals surface area contributed by atoms with Gasteiger partial charge in [0.25, 0.3) is 0 Å². The molecule has 3 atom stereocenters. The molecule has 0 aromatic rings. The Labute approximate surface area is 67.2 Å². The van der Waals surface area contributed by atoms with Gasteiger partial charge in [0.1, 0.15) is 0 Å². The van der Waals surface area contributed by atoms with Gasteiger partial charge in [0.2, 0.25) is 0 Å². The van der Waals surface area contributed by atoms with E-state index in [0.29, 0.717) is 0 Å². The van der Waals surface area contributed by atoms with Crippen molar-refractivity contribution in [3.05, 3.63) is 0 Å². The topological polar surface area (TPSA) is 3.24 Å². The molecule has 0 N–H and O–H groups in total. The minimum Gasteiger partial charge on any atom is -0.353 e. The lowest BCUT2D eigenvalue weighted by molar-refractivity contribution is 0.502. The predicted molar refractivity (Wildman–Crippen MR) is 49.2 cm³/mol. The van der Waals surface area contributed by atoms with Gasteiger partial charge >= 0.3 is 0 Å². The van der Waals surface area contributed by atoms with Crippen LogP contribution in [0.2, 0.25) is 0 Å². The van der Waals surface area contributed by atoms with Crippen LogP contribution >= 0.6 is 9.24 Å². The fourth-order valence-electron chi connectivity index (χ4n) is 1.60. The first-order chi connectivity index (χ1) is 4.79. The number of piperidine rings is 1. The molecule has 0 bridgehead atoms. The van der Waals surface area contributed by atoms with Crippen LogP contribution in [-0.4, -0.2) is 31.5 Å². The maximum absolute atomic E-state index is 5.54. The van der Waals surface area contributed by atoms with Gasteiger partial charge in [-0.3, -0.25) is 0 Å². The third kappa shape index (κ3) is 1.38. The second-order valence-corrected chi connectivity index (χ2v) is 3.63. The van der Waals surface area contributed by atoms with Gasteiger partial charge in [-0.2, -0.15) is 0 Å². The highest BCUT2D eigenvalue weighted by Gasteiger charge is 2.51. The Morgan fingerprint density at radius 1 is 1.30 bits per heavy atom. The zero-order valence-electron chi connectivity index (χ0n) is 6.75. The summed E-state index contributed by atoms with van der Waals surface area (Å²) in [6.45, 7) is 6.25. The lowest BCUT2D eigenvalue weighted by Gasteiger charge is -2.10. The van der Waals surface area contributed by atoms with E-state index in [2.05, 4.69) is 9.24 Å². The molecule has 10 heavy (non-hydrogen) atoms. The maximum Gasteiger partial charge on any atom is 0.182 e. The largest absolute Gasteiger partial charge is 0.353 e. The van der Waals surface area contributed by atoms with Crippen molar-refractivity contribution in [1.82, 2.24) is 4.81 Å². The molecule has 2 aliphatic rings. The van der Waals surface area contributed by atoms with Crippen LogP contribution in [0.3, 0.4) is 0 Å². The first-order valence-electron chi connectivity index (χ1n) is 4.04. The zero-order chi connectivity index (χ0) is 7.72. The quantitative estimate of drug-likeness (QED) is 0.371. The Kier molecular flexibility index (Phi) is 2.77. The van der Waals surface area contributed by atoms with Gasteiger partial charge in [-0.15, -0.1) is 9.24 Å². The number of hydrogen-bond acceptors (Lipinski definition) is 1. The lowest BCUT2D eigenvalue weighted by atomic mass is 10.3. The summed E-state index contributed by atoms with van der Waals surface area (Å²) in [5.41, 5.74) is 0.898. The standard InChI is InChI=1S/C5H9BNP.C2H6/c6-7-1-3-4(2-7)5(3)8;1-2/h3-5H,1-2,8H2;1-2H3. The fraction of sp³-hybridized carbons (Fsp3) is 1.00. The van der Waals surface area contributed by atoms with Crippen molar-refractivity contribution in [3.63, 3.8) is 0 Å². The molecule has 0 spiro atoms. The number of nitrogens with zero attached hydrogens (tertiary/aromatic N) is 1. The van der Waals surface area contributed by atoms with Gasteiger partial charge in [-0.25, -0.2) is 0 Å². The molecule has 2 radical (unpaired) electrons. The molecule has 2 fully saturated rings. The second-order valence-electron chi connectivity index (χ2n) is 2.86. The van der Waals surface area contributed by atoms with Crippen molar-refractivity contribution >= 4 is 17.2 Å². The number of fused-ring (bicyclic) bond motifs is 1. The number of rotatable bonds is 0. The third-order valence-electron chi connectivity index (χ3n) is 2.29. The Morgan fingerprint density at radius 3 is 2.00 bits per heavy atom. The molecule has 1 saturated carbocycles. The molecule has 1 saturated heterocycles. The summed E-state index contributed by atoms with van der Waals surface area (Å²) in [7, 11) is 8.42. The van der Waals surface area contributed by atoms with E-state index in [0.717, 1.165) is 30.6 Å². The Balaban J connectivity index is 0.000000231. The third-order valence-corrected chi connectivity index (χ3v) is 3.28. The van der Waals surface area contributed by atoms with E-state index in [1.165, 1.54) is 0 Å². The SMILES string of the molecule is CC.[B]N1CC2C(P)C2C1. The van der Waals surface area contributed by atoms with Crippen LogP contribution in [0.5, 0.6) is 0 Å². The van der Waals surface area contributed by atoms with Crippen molar-refractivity contribution in [2.45, 2.75) is 19.5 Å². The smallest absolute Gasteiger partial charge is 0.182 e. The summed E-state index contributed by atoms with van der Waals surface area (Å²) in [5.74, 6) is 1.84. The van der Waals surface area contributed by atoms with Crippen LogP contribution in [-0.2, 0) is 0 Å². The minimum absolute atomic E-state index is 0.898. The van der Waals surface area contributed by atoms with Gasteiger partial charge in [0.15, 0.2) is 7.98 Å². The van der Waals surface area contributed by atoms with Gasteiger partial charge in [-0.05, 0) is 30.6 Å². The van der Waals surface area contributed by atoms with E-state index in [1.807, 2.05) is 18.7 Å². The fourth-order valence-corrected chi connectivity index (χ4v) is 2.29. The van der Waals surface area contributed by atoms with Crippen molar-refractivity contribution in [2.24, 2.45) is 11.8 Å². The van der Waals surface area contributed by atoms with Crippen LogP contribution in [0.25, 0.3) is 0 Å². The summed E-state index contributed by atoms with van der Waals surface area (Å²) in [4.78, 5) is 1.93. The predicted octanol–water partition coefficient (Wildman–Crippen LogP) is 0.901. The van der Waals surface area contributed by atoms with E-state index in [-0.39, 0.29) is 0 Å². The van der Waals surface area contributed by atoms with Crippen LogP contribution in [0.15, 0.2) is 0 Å².